The molecule has 0 heterocycles. The third-order valence-corrected chi connectivity index (χ3v) is 3.03. The molecule has 0 saturated heterocycles. The molecular weight excluding hydrogens is 242 g/mol. The molecule has 1 amide bonds. The summed E-state index contributed by atoms with van der Waals surface area (Å²) >= 11 is 0. The molecule has 104 valence electrons. The summed E-state index contributed by atoms with van der Waals surface area (Å²) in [4.78, 5) is 23.1. The van der Waals surface area contributed by atoms with Gasteiger partial charge in [-0.1, -0.05) is 45.0 Å². The number of amides is 1. The monoisotopic (exact) mass is 263 g/mol. The number of carbonyl (C=O) groups is 2. The summed E-state index contributed by atoms with van der Waals surface area (Å²) in [6.07, 6.45) is 0.201. The standard InChI is InChI=1S/C15H21NO3/c1-10-7-5-6-8-11(10)9-12(17)16-13(14(18)19)15(2,3)4/h5-8,13H,9H2,1-4H3,(H,16,17)(H,18,19). The van der Waals surface area contributed by atoms with Gasteiger partial charge >= 0.3 is 5.97 Å². The van der Waals surface area contributed by atoms with E-state index in [9.17, 15) is 9.59 Å². The smallest absolute Gasteiger partial charge is 0.326 e. The van der Waals surface area contributed by atoms with Gasteiger partial charge in [0.1, 0.15) is 6.04 Å². The predicted molar refractivity (Wildman–Crippen MR) is 73.9 cm³/mol. The number of hydrogen-bond acceptors (Lipinski definition) is 2. The van der Waals surface area contributed by atoms with Crippen molar-refractivity contribution in [3.8, 4) is 0 Å². The Balaban J connectivity index is 2.75. The van der Waals surface area contributed by atoms with Crippen LogP contribution in [-0.2, 0) is 16.0 Å². The maximum atomic E-state index is 12.0. The van der Waals surface area contributed by atoms with E-state index in [-0.39, 0.29) is 12.3 Å². The minimum Gasteiger partial charge on any atom is -0.480 e. The summed E-state index contributed by atoms with van der Waals surface area (Å²) in [7, 11) is 0. The zero-order valence-electron chi connectivity index (χ0n) is 11.9. The second-order valence-corrected chi connectivity index (χ2v) is 5.81. The number of aliphatic carboxylic acids is 1. The molecule has 0 fully saturated rings. The van der Waals surface area contributed by atoms with Crippen LogP contribution in [0.15, 0.2) is 24.3 Å². The van der Waals surface area contributed by atoms with Gasteiger partial charge in [0.2, 0.25) is 5.91 Å². The Morgan fingerprint density at radius 1 is 1.26 bits per heavy atom. The van der Waals surface area contributed by atoms with Crippen LogP contribution in [-0.4, -0.2) is 23.0 Å². The van der Waals surface area contributed by atoms with Crippen molar-refractivity contribution in [1.29, 1.82) is 0 Å². The summed E-state index contributed by atoms with van der Waals surface area (Å²) in [6, 6.07) is 6.70. The Bertz CT molecular complexity index is 475. The van der Waals surface area contributed by atoms with Crippen LogP contribution < -0.4 is 5.32 Å². The third kappa shape index (κ3) is 4.39. The van der Waals surface area contributed by atoms with Gasteiger partial charge < -0.3 is 10.4 Å². The number of carbonyl (C=O) groups excluding carboxylic acids is 1. The predicted octanol–water partition coefficient (Wildman–Crippen LogP) is 2.15. The van der Waals surface area contributed by atoms with E-state index < -0.39 is 17.4 Å². The van der Waals surface area contributed by atoms with Crippen molar-refractivity contribution in [1.82, 2.24) is 5.32 Å². The van der Waals surface area contributed by atoms with E-state index in [2.05, 4.69) is 5.32 Å². The van der Waals surface area contributed by atoms with Crippen molar-refractivity contribution < 1.29 is 14.7 Å². The fourth-order valence-corrected chi connectivity index (χ4v) is 1.84. The molecule has 19 heavy (non-hydrogen) atoms. The molecule has 1 atom stereocenters. The maximum absolute atomic E-state index is 12.0. The number of carboxylic acid groups (broad SMARTS) is 1. The first kappa shape index (κ1) is 15.2. The molecule has 0 aromatic heterocycles. The lowest BCUT2D eigenvalue weighted by atomic mass is 9.86. The maximum Gasteiger partial charge on any atom is 0.326 e. The van der Waals surface area contributed by atoms with Crippen molar-refractivity contribution in [3.63, 3.8) is 0 Å². The third-order valence-electron chi connectivity index (χ3n) is 3.03. The number of hydrogen-bond donors (Lipinski definition) is 2. The van der Waals surface area contributed by atoms with E-state index in [4.69, 9.17) is 5.11 Å². The number of rotatable bonds is 4. The molecule has 4 nitrogen and oxygen atoms in total. The average molecular weight is 263 g/mol. The average Bonchev–Trinajstić information content (AvgIpc) is 2.27. The van der Waals surface area contributed by atoms with Gasteiger partial charge in [-0.25, -0.2) is 4.79 Å². The van der Waals surface area contributed by atoms with Crippen LogP contribution in [0.3, 0.4) is 0 Å². The van der Waals surface area contributed by atoms with E-state index >= 15 is 0 Å². The van der Waals surface area contributed by atoms with Crippen molar-refractivity contribution >= 4 is 11.9 Å². The van der Waals surface area contributed by atoms with Crippen LogP contribution in [0.1, 0.15) is 31.9 Å². The molecule has 0 aliphatic carbocycles. The van der Waals surface area contributed by atoms with Gasteiger partial charge in [0, 0.05) is 0 Å². The van der Waals surface area contributed by atoms with Crippen LogP contribution >= 0.6 is 0 Å². The summed E-state index contributed by atoms with van der Waals surface area (Å²) in [5.41, 5.74) is 1.42. The molecule has 0 saturated carbocycles. The quantitative estimate of drug-likeness (QED) is 0.874. The van der Waals surface area contributed by atoms with E-state index in [1.54, 1.807) is 20.8 Å². The van der Waals surface area contributed by atoms with Crippen LogP contribution in [0.25, 0.3) is 0 Å². The van der Waals surface area contributed by atoms with Crippen LogP contribution in [0.2, 0.25) is 0 Å². The normalized spacial score (nSPS) is 12.8. The highest BCUT2D eigenvalue weighted by atomic mass is 16.4. The number of benzene rings is 1. The fourth-order valence-electron chi connectivity index (χ4n) is 1.84. The number of aryl methyl sites for hydroxylation is 1. The molecule has 1 rings (SSSR count). The van der Waals surface area contributed by atoms with Crippen molar-refractivity contribution in [2.45, 2.75) is 40.2 Å². The molecule has 4 heteroatoms. The molecule has 2 N–H and O–H groups in total. The lowest BCUT2D eigenvalue weighted by molar-refractivity contribution is -0.144. The van der Waals surface area contributed by atoms with Crippen molar-refractivity contribution in [3.05, 3.63) is 35.4 Å². The minimum absolute atomic E-state index is 0.201. The van der Waals surface area contributed by atoms with Gasteiger partial charge in [-0.3, -0.25) is 4.79 Å². The Hall–Kier alpha value is -1.84. The summed E-state index contributed by atoms with van der Waals surface area (Å²) < 4.78 is 0. The lowest BCUT2D eigenvalue weighted by Gasteiger charge is -2.27. The molecule has 1 aromatic rings. The van der Waals surface area contributed by atoms with Crippen LogP contribution in [0.5, 0.6) is 0 Å². The molecule has 0 aliphatic rings. The topological polar surface area (TPSA) is 66.4 Å². The zero-order chi connectivity index (χ0) is 14.6. The first-order valence-electron chi connectivity index (χ1n) is 6.28. The van der Waals surface area contributed by atoms with E-state index in [1.807, 2.05) is 31.2 Å². The zero-order valence-corrected chi connectivity index (χ0v) is 11.9. The van der Waals surface area contributed by atoms with E-state index in [1.165, 1.54) is 0 Å². The van der Waals surface area contributed by atoms with Crippen molar-refractivity contribution in [2.24, 2.45) is 5.41 Å². The largest absolute Gasteiger partial charge is 0.480 e. The second kappa shape index (κ2) is 5.87. The molecule has 1 unspecified atom stereocenters. The van der Waals surface area contributed by atoms with Gasteiger partial charge in [0.25, 0.3) is 0 Å². The Morgan fingerprint density at radius 2 is 1.84 bits per heavy atom. The summed E-state index contributed by atoms with van der Waals surface area (Å²) in [5.74, 6) is -1.28. The van der Waals surface area contributed by atoms with Gasteiger partial charge in [0.05, 0.1) is 6.42 Å². The minimum atomic E-state index is -1.01. The van der Waals surface area contributed by atoms with Crippen LogP contribution in [0.4, 0.5) is 0 Å². The first-order chi connectivity index (χ1) is 8.71. The van der Waals surface area contributed by atoms with Crippen molar-refractivity contribution in [2.75, 3.05) is 0 Å². The Kier molecular flexibility index (Phi) is 4.70. The first-order valence-corrected chi connectivity index (χ1v) is 6.28. The Morgan fingerprint density at radius 3 is 2.32 bits per heavy atom. The summed E-state index contributed by atoms with van der Waals surface area (Å²) in [6.45, 7) is 7.31. The van der Waals surface area contributed by atoms with E-state index in [0.717, 1.165) is 11.1 Å². The number of carboxylic acids is 1. The SMILES string of the molecule is Cc1ccccc1CC(=O)NC(C(=O)O)C(C)(C)C. The highest BCUT2D eigenvalue weighted by molar-refractivity contribution is 5.85. The number of nitrogens with one attached hydrogen (secondary N) is 1. The molecule has 1 aromatic carbocycles. The molecule has 0 spiro atoms. The molecule has 0 bridgehead atoms. The fraction of sp³-hybridized carbons (Fsp3) is 0.467. The molecule has 0 radical (unpaired) electrons. The second-order valence-electron chi connectivity index (χ2n) is 5.81. The van der Waals surface area contributed by atoms with Gasteiger partial charge in [-0.15, -0.1) is 0 Å². The van der Waals surface area contributed by atoms with Gasteiger partial charge in [-0.05, 0) is 23.5 Å². The highest BCUT2D eigenvalue weighted by Crippen LogP contribution is 2.19. The van der Waals surface area contributed by atoms with E-state index in [0.29, 0.717) is 0 Å². The van der Waals surface area contributed by atoms with Gasteiger partial charge in [-0.2, -0.15) is 0 Å². The molecule has 0 aliphatic heterocycles. The van der Waals surface area contributed by atoms with Crippen LogP contribution in [0, 0.1) is 12.3 Å². The molecular formula is C15H21NO3. The summed E-state index contributed by atoms with van der Waals surface area (Å²) in [5, 5.41) is 11.8. The lowest BCUT2D eigenvalue weighted by Crippen LogP contribution is -2.49. The Labute approximate surface area is 113 Å². The highest BCUT2D eigenvalue weighted by Gasteiger charge is 2.32. The van der Waals surface area contributed by atoms with Gasteiger partial charge in [0.15, 0.2) is 0 Å².